The molecular formula is C35H30N2O5. The topological polar surface area (TPSA) is 70.0 Å². The predicted molar refractivity (Wildman–Crippen MR) is 163 cm³/mol. The number of hydrogen-bond donors (Lipinski definition) is 0. The van der Waals surface area contributed by atoms with Gasteiger partial charge in [0.2, 0.25) is 0 Å². The fraction of sp³-hybridized carbons (Fsp3) is 0.143. The van der Waals surface area contributed by atoms with E-state index in [1.54, 1.807) is 4.90 Å². The van der Waals surface area contributed by atoms with E-state index in [1.807, 2.05) is 120 Å². The quantitative estimate of drug-likeness (QED) is 0.188. The van der Waals surface area contributed by atoms with Crippen LogP contribution in [0.4, 0.5) is 10.5 Å². The highest BCUT2D eigenvalue weighted by atomic mass is 16.6. The molecule has 0 aliphatic carbocycles. The van der Waals surface area contributed by atoms with E-state index in [0.717, 1.165) is 33.2 Å². The van der Waals surface area contributed by atoms with Gasteiger partial charge < -0.3 is 18.8 Å². The molecule has 1 aliphatic rings. The van der Waals surface area contributed by atoms with Crippen molar-refractivity contribution in [3.63, 3.8) is 0 Å². The summed E-state index contributed by atoms with van der Waals surface area (Å²) in [6, 6.07) is 33.1. The van der Waals surface area contributed by atoms with Crippen molar-refractivity contribution in [3.05, 3.63) is 137 Å². The van der Waals surface area contributed by atoms with Crippen molar-refractivity contribution in [2.24, 2.45) is 0 Å². The van der Waals surface area contributed by atoms with E-state index >= 15 is 0 Å². The van der Waals surface area contributed by atoms with Gasteiger partial charge in [-0.2, -0.15) is 0 Å². The Morgan fingerprint density at radius 3 is 2.05 bits per heavy atom. The first-order valence-electron chi connectivity index (χ1n) is 13.8. The van der Waals surface area contributed by atoms with E-state index in [0.29, 0.717) is 36.8 Å². The summed E-state index contributed by atoms with van der Waals surface area (Å²) < 4.78 is 19.3. The number of anilines is 1. The maximum Gasteiger partial charge on any atom is 0.414 e. The van der Waals surface area contributed by atoms with Crippen molar-refractivity contribution >= 4 is 34.7 Å². The average Bonchev–Trinajstić information content (AvgIpc) is 3.42. The Balaban J connectivity index is 1.46. The minimum atomic E-state index is -0.463. The molecule has 0 radical (unpaired) electrons. The zero-order chi connectivity index (χ0) is 28.9. The van der Waals surface area contributed by atoms with Crippen LogP contribution in [0.25, 0.3) is 17.0 Å². The lowest BCUT2D eigenvalue weighted by Gasteiger charge is -2.27. The fourth-order valence-electron chi connectivity index (χ4n) is 5.22. The van der Waals surface area contributed by atoms with Crippen LogP contribution in [0.1, 0.15) is 32.7 Å². The Morgan fingerprint density at radius 2 is 1.40 bits per heavy atom. The number of amides is 1. The van der Waals surface area contributed by atoms with Crippen molar-refractivity contribution in [2.75, 3.05) is 18.6 Å². The number of ether oxygens (including phenoxy) is 3. The monoisotopic (exact) mass is 558 g/mol. The Kier molecular flexibility index (Phi) is 7.72. The first kappa shape index (κ1) is 26.9. The van der Waals surface area contributed by atoms with Crippen molar-refractivity contribution in [2.45, 2.75) is 19.8 Å². The van der Waals surface area contributed by atoms with E-state index in [2.05, 4.69) is 0 Å². The van der Waals surface area contributed by atoms with Gasteiger partial charge in [0, 0.05) is 30.1 Å². The van der Waals surface area contributed by atoms with Gasteiger partial charge in [-0.3, -0.25) is 4.90 Å². The summed E-state index contributed by atoms with van der Waals surface area (Å²) in [4.78, 5) is 28.0. The third kappa shape index (κ3) is 5.49. The summed E-state index contributed by atoms with van der Waals surface area (Å²) in [5, 5.41) is 0.781. The molecule has 0 spiro atoms. The largest absolute Gasteiger partial charge is 0.487 e. The maximum atomic E-state index is 13.4. The molecule has 0 atom stereocenters. The molecule has 210 valence electrons. The van der Waals surface area contributed by atoms with Crippen molar-refractivity contribution < 1.29 is 23.8 Å². The number of nitrogens with zero attached hydrogens (tertiary/aromatic N) is 2. The van der Waals surface area contributed by atoms with Crippen LogP contribution in [0.3, 0.4) is 0 Å². The van der Waals surface area contributed by atoms with Crippen LogP contribution in [-0.4, -0.2) is 30.3 Å². The summed E-state index contributed by atoms with van der Waals surface area (Å²) in [5.41, 5.74) is 5.52. The van der Waals surface area contributed by atoms with Crippen molar-refractivity contribution in [1.82, 2.24) is 4.57 Å². The maximum absolute atomic E-state index is 13.4. The van der Waals surface area contributed by atoms with E-state index < -0.39 is 12.1 Å². The number of rotatable bonds is 8. The highest BCUT2D eigenvalue weighted by molar-refractivity contribution is 6.07. The number of carbonyl (C=O) groups is 2. The molecule has 6 rings (SSSR count). The van der Waals surface area contributed by atoms with Crippen molar-refractivity contribution in [3.8, 4) is 5.75 Å². The van der Waals surface area contributed by atoms with Crippen LogP contribution < -0.4 is 9.64 Å². The molecule has 1 aliphatic heterocycles. The van der Waals surface area contributed by atoms with E-state index in [-0.39, 0.29) is 6.61 Å². The molecule has 42 heavy (non-hydrogen) atoms. The van der Waals surface area contributed by atoms with Crippen LogP contribution in [0.5, 0.6) is 5.75 Å². The Morgan fingerprint density at radius 1 is 0.786 bits per heavy atom. The van der Waals surface area contributed by atoms with Gasteiger partial charge in [-0.05, 0) is 22.8 Å². The fourth-order valence-corrected chi connectivity index (χ4v) is 5.22. The lowest BCUT2D eigenvalue weighted by molar-refractivity contribution is 0.0589. The van der Waals surface area contributed by atoms with Gasteiger partial charge in [0.05, 0.1) is 18.3 Å². The standard InChI is InChI=1S/C35H30N2O5/c1-40-34(38)31-20-29-28-18-11-19-36(35(39)42-24-27-16-9-4-10-17-27)30(28)21-32(41-23-26-14-7-3-8-15-26)33(29)37(31)22-25-12-5-2-6-13-25/h2-18,20-21H,19,22-24H2,1H3. The summed E-state index contributed by atoms with van der Waals surface area (Å²) in [6.07, 6.45) is 3.44. The van der Waals surface area contributed by atoms with Gasteiger partial charge in [0.1, 0.15) is 24.7 Å². The minimum absolute atomic E-state index is 0.161. The van der Waals surface area contributed by atoms with Crippen LogP contribution in [-0.2, 0) is 29.2 Å². The Bertz CT molecular complexity index is 1740. The molecule has 0 N–H and O–H groups in total. The van der Waals surface area contributed by atoms with E-state index in [9.17, 15) is 9.59 Å². The van der Waals surface area contributed by atoms with E-state index in [1.165, 1.54) is 7.11 Å². The first-order chi connectivity index (χ1) is 20.6. The lowest BCUT2D eigenvalue weighted by atomic mass is 10.0. The van der Waals surface area contributed by atoms with Gasteiger partial charge in [-0.25, -0.2) is 9.59 Å². The average molecular weight is 559 g/mol. The normalized spacial score (nSPS) is 12.2. The first-order valence-corrected chi connectivity index (χ1v) is 13.8. The molecule has 5 aromatic rings. The molecule has 1 amide bonds. The summed E-state index contributed by atoms with van der Waals surface area (Å²) in [7, 11) is 1.37. The number of carbonyl (C=O) groups excluding carboxylic acids is 2. The van der Waals surface area contributed by atoms with Gasteiger partial charge in [0.15, 0.2) is 0 Å². The molecule has 4 aromatic carbocycles. The SMILES string of the molecule is COC(=O)c1cc2c3c(cc(OCc4ccccc4)c2n1Cc1ccccc1)N(C(=O)OCc1ccccc1)CC=C3. The zero-order valence-corrected chi connectivity index (χ0v) is 23.2. The molecule has 7 heteroatoms. The van der Waals surface area contributed by atoms with E-state index in [4.69, 9.17) is 14.2 Å². The smallest absolute Gasteiger partial charge is 0.414 e. The van der Waals surface area contributed by atoms with Gasteiger partial charge in [-0.1, -0.05) is 103 Å². The number of fused-ring (bicyclic) bond motifs is 3. The molecule has 0 bridgehead atoms. The van der Waals surface area contributed by atoms with Gasteiger partial charge >= 0.3 is 12.1 Å². The molecule has 0 saturated heterocycles. The Hall–Kier alpha value is -5.30. The second-order valence-electron chi connectivity index (χ2n) is 9.99. The second-order valence-corrected chi connectivity index (χ2v) is 9.99. The second kappa shape index (κ2) is 12.1. The molecular weight excluding hydrogens is 528 g/mol. The Labute approximate surface area is 244 Å². The van der Waals surface area contributed by atoms with Crippen LogP contribution in [0.15, 0.2) is 109 Å². The highest BCUT2D eigenvalue weighted by Gasteiger charge is 2.28. The summed E-state index contributed by atoms with van der Waals surface area (Å²) in [6.45, 7) is 1.25. The number of benzene rings is 4. The molecule has 7 nitrogen and oxygen atoms in total. The summed E-state index contributed by atoms with van der Waals surface area (Å²) in [5.74, 6) is 0.0960. The van der Waals surface area contributed by atoms with Gasteiger partial charge in [-0.15, -0.1) is 0 Å². The minimum Gasteiger partial charge on any atom is -0.487 e. The number of esters is 1. The van der Waals surface area contributed by atoms with Crippen LogP contribution in [0, 0.1) is 0 Å². The summed E-state index contributed by atoms with van der Waals surface area (Å²) >= 11 is 0. The molecule has 0 unspecified atom stereocenters. The molecule has 0 saturated carbocycles. The third-order valence-electron chi connectivity index (χ3n) is 7.27. The molecule has 1 aromatic heterocycles. The number of aromatic nitrogens is 1. The third-order valence-corrected chi connectivity index (χ3v) is 7.27. The molecule has 2 heterocycles. The number of hydrogen-bond acceptors (Lipinski definition) is 5. The molecule has 0 fully saturated rings. The van der Waals surface area contributed by atoms with Crippen LogP contribution in [0.2, 0.25) is 0 Å². The van der Waals surface area contributed by atoms with Gasteiger partial charge in [0.25, 0.3) is 0 Å². The van der Waals surface area contributed by atoms with Crippen LogP contribution >= 0.6 is 0 Å². The lowest BCUT2D eigenvalue weighted by Crippen LogP contribution is -2.33. The van der Waals surface area contributed by atoms with Crippen molar-refractivity contribution in [1.29, 1.82) is 0 Å². The highest BCUT2D eigenvalue weighted by Crippen LogP contribution is 2.42. The number of methoxy groups -OCH3 is 1. The predicted octanol–water partition coefficient (Wildman–Crippen LogP) is 7.23. The zero-order valence-electron chi connectivity index (χ0n) is 23.2.